The van der Waals surface area contributed by atoms with E-state index in [0.29, 0.717) is 10.0 Å². The Morgan fingerprint density at radius 1 is 1.14 bits per heavy atom. The van der Waals surface area contributed by atoms with Crippen molar-refractivity contribution in [1.29, 1.82) is 0 Å². The molecular formula is C14H10BrN3O3S. The van der Waals surface area contributed by atoms with Crippen molar-refractivity contribution in [3.05, 3.63) is 68.7 Å². The Hall–Kier alpha value is -2.32. The fourth-order valence-corrected chi connectivity index (χ4v) is 2.38. The summed E-state index contributed by atoms with van der Waals surface area (Å²) < 4.78 is 0.626. The number of carbonyl (C=O) groups is 1. The summed E-state index contributed by atoms with van der Waals surface area (Å²) in [5.41, 5.74) is 0.499. The minimum absolute atomic E-state index is 0.0185. The number of nitro benzene ring substituents is 1. The molecule has 22 heavy (non-hydrogen) atoms. The molecule has 0 atom stereocenters. The minimum Gasteiger partial charge on any atom is -0.327 e. The number of benzene rings is 2. The molecule has 0 unspecified atom stereocenters. The maximum Gasteiger partial charge on any atom is 0.292 e. The Kier molecular flexibility index (Phi) is 5.18. The van der Waals surface area contributed by atoms with E-state index in [2.05, 4.69) is 26.6 Å². The Balaban J connectivity index is 2.10. The third kappa shape index (κ3) is 3.86. The number of rotatable bonds is 3. The average Bonchev–Trinajstić information content (AvgIpc) is 2.47. The fraction of sp³-hybridized carbons (Fsp3) is 0. The zero-order chi connectivity index (χ0) is 16.1. The number of hydrogen-bond acceptors (Lipinski definition) is 4. The van der Waals surface area contributed by atoms with Gasteiger partial charge in [-0.15, -0.1) is 0 Å². The molecule has 0 bridgehead atoms. The highest BCUT2D eigenvalue weighted by Crippen LogP contribution is 2.23. The summed E-state index contributed by atoms with van der Waals surface area (Å²) in [5, 5.41) is 16.0. The average molecular weight is 380 g/mol. The van der Waals surface area contributed by atoms with Crippen LogP contribution in [0.3, 0.4) is 0 Å². The standard InChI is InChI=1S/C14H10BrN3O3S/c15-10-6-2-1-5-9(10)13(19)17-14(22)16-11-7-3-4-8-12(11)18(20)21/h1-8H,(H2,16,17,19,22). The van der Waals surface area contributed by atoms with Crippen molar-refractivity contribution in [2.45, 2.75) is 0 Å². The molecule has 1 amide bonds. The van der Waals surface area contributed by atoms with Crippen LogP contribution in [0.25, 0.3) is 0 Å². The van der Waals surface area contributed by atoms with Crippen molar-refractivity contribution >= 4 is 50.5 Å². The molecule has 8 heteroatoms. The first-order valence-electron chi connectivity index (χ1n) is 6.09. The third-order valence-corrected chi connectivity index (χ3v) is 3.59. The molecule has 2 N–H and O–H groups in total. The summed E-state index contributed by atoms with van der Waals surface area (Å²) in [7, 11) is 0. The molecular weight excluding hydrogens is 370 g/mol. The van der Waals surface area contributed by atoms with Crippen molar-refractivity contribution in [3.8, 4) is 0 Å². The van der Waals surface area contributed by atoms with E-state index in [1.807, 2.05) is 0 Å². The van der Waals surface area contributed by atoms with Crippen LogP contribution >= 0.6 is 28.1 Å². The van der Waals surface area contributed by atoms with E-state index >= 15 is 0 Å². The smallest absolute Gasteiger partial charge is 0.292 e. The van der Waals surface area contributed by atoms with E-state index in [1.165, 1.54) is 12.1 Å². The van der Waals surface area contributed by atoms with Crippen LogP contribution in [0.5, 0.6) is 0 Å². The zero-order valence-electron chi connectivity index (χ0n) is 11.1. The molecule has 0 heterocycles. The van der Waals surface area contributed by atoms with E-state index in [9.17, 15) is 14.9 Å². The van der Waals surface area contributed by atoms with Gasteiger partial charge in [-0.25, -0.2) is 0 Å². The zero-order valence-corrected chi connectivity index (χ0v) is 13.5. The Morgan fingerprint density at radius 2 is 1.77 bits per heavy atom. The summed E-state index contributed by atoms with van der Waals surface area (Å²) in [6.45, 7) is 0. The van der Waals surface area contributed by atoms with Gasteiger partial charge in [0.2, 0.25) is 0 Å². The van der Waals surface area contributed by atoms with E-state index < -0.39 is 10.8 Å². The summed E-state index contributed by atoms with van der Waals surface area (Å²) in [6.07, 6.45) is 0. The first-order chi connectivity index (χ1) is 10.5. The summed E-state index contributed by atoms with van der Waals surface area (Å²) in [6, 6.07) is 12.9. The Labute approximate surface area is 139 Å². The highest BCUT2D eigenvalue weighted by Gasteiger charge is 2.15. The van der Waals surface area contributed by atoms with Crippen molar-refractivity contribution in [2.24, 2.45) is 0 Å². The minimum atomic E-state index is -0.527. The maximum atomic E-state index is 12.1. The lowest BCUT2D eigenvalue weighted by atomic mass is 10.2. The lowest BCUT2D eigenvalue weighted by Gasteiger charge is -2.10. The second kappa shape index (κ2) is 7.10. The second-order valence-corrected chi connectivity index (χ2v) is 5.42. The van der Waals surface area contributed by atoms with Crippen LogP contribution in [-0.2, 0) is 0 Å². The van der Waals surface area contributed by atoms with Gasteiger partial charge >= 0.3 is 0 Å². The first kappa shape index (κ1) is 16.1. The number of nitro groups is 1. The number of nitrogens with one attached hydrogen (secondary N) is 2. The molecule has 2 aromatic carbocycles. The monoisotopic (exact) mass is 379 g/mol. The number of hydrogen-bond donors (Lipinski definition) is 2. The Morgan fingerprint density at radius 3 is 2.45 bits per heavy atom. The molecule has 0 fully saturated rings. The SMILES string of the molecule is O=C(NC(=S)Nc1ccccc1[N+](=O)[O-])c1ccccc1Br. The topological polar surface area (TPSA) is 84.3 Å². The van der Waals surface area contributed by atoms with Crippen LogP contribution in [-0.4, -0.2) is 15.9 Å². The molecule has 0 radical (unpaired) electrons. The van der Waals surface area contributed by atoms with E-state index in [4.69, 9.17) is 12.2 Å². The molecule has 2 rings (SSSR count). The lowest BCUT2D eigenvalue weighted by molar-refractivity contribution is -0.383. The molecule has 0 aromatic heterocycles. The fourth-order valence-electron chi connectivity index (χ4n) is 1.71. The number of halogens is 1. The highest BCUT2D eigenvalue weighted by atomic mass is 79.9. The van der Waals surface area contributed by atoms with E-state index in [-0.39, 0.29) is 16.5 Å². The summed E-state index contributed by atoms with van der Waals surface area (Å²) in [5.74, 6) is -0.413. The lowest BCUT2D eigenvalue weighted by Crippen LogP contribution is -2.34. The maximum absolute atomic E-state index is 12.1. The molecule has 0 saturated heterocycles. The number of anilines is 1. The molecule has 0 spiro atoms. The van der Waals surface area contributed by atoms with E-state index in [1.54, 1.807) is 36.4 Å². The molecule has 112 valence electrons. The molecule has 0 saturated carbocycles. The predicted octanol–water partition coefficient (Wildman–Crippen LogP) is 3.48. The second-order valence-electron chi connectivity index (χ2n) is 4.16. The molecule has 0 aliphatic carbocycles. The van der Waals surface area contributed by atoms with Gasteiger partial charge in [0.1, 0.15) is 5.69 Å². The number of nitrogens with zero attached hydrogens (tertiary/aromatic N) is 1. The number of thiocarbonyl (C=S) groups is 1. The van der Waals surface area contributed by atoms with Gasteiger partial charge in [-0.2, -0.15) is 0 Å². The summed E-state index contributed by atoms with van der Waals surface area (Å²) in [4.78, 5) is 22.5. The van der Waals surface area contributed by atoms with Gasteiger partial charge in [-0.05, 0) is 46.3 Å². The van der Waals surface area contributed by atoms with Crippen LogP contribution in [0.15, 0.2) is 53.0 Å². The van der Waals surface area contributed by atoms with Crippen molar-refractivity contribution in [3.63, 3.8) is 0 Å². The molecule has 0 aliphatic rings. The van der Waals surface area contributed by atoms with Gasteiger partial charge in [0, 0.05) is 10.5 Å². The van der Waals surface area contributed by atoms with Gasteiger partial charge in [0.25, 0.3) is 11.6 Å². The van der Waals surface area contributed by atoms with Crippen molar-refractivity contribution in [2.75, 3.05) is 5.32 Å². The van der Waals surface area contributed by atoms with Crippen molar-refractivity contribution < 1.29 is 9.72 Å². The van der Waals surface area contributed by atoms with E-state index in [0.717, 1.165) is 0 Å². The van der Waals surface area contributed by atoms with Crippen LogP contribution < -0.4 is 10.6 Å². The molecule has 0 aliphatic heterocycles. The van der Waals surface area contributed by atoms with Gasteiger partial charge in [0.15, 0.2) is 5.11 Å². The Bertz CT molecular complexity index is 752. The molecule has 6 nitrogen and oxygen atoms in total. The number of para-hydroxylation sites is 2. The van der Waals surface area contributed by atoms with Crippen LogP contribution in [0, 0.1) is 10.1 Å². The summed E-state index contributed by atoms with van der Waals surface area (Å²) >= 11 is 8.29. The predicted molar refractivity (Wildman–Crippen MR) is 90.9 cm³/mol. The largest absolute Gasteiger partial charge is 0.327 e. The number of amides is 1. The van der Waals surface area contributed by atoms with Crippen LogP contribution in [0.4, 0.5) is 11.4 Å². The van der Waals surface area contributed by atoms with Gasteiger partial charge in [0.05, 0.1) is 10.5 Å². The first-order valence-corrected chi connectivity index (χ1v) is 7.29. The van der Waals surface area contributed by atoms with Gasteiger partial charge < -0.3 is 5.32 Å². The van der Waals surface area contributed by atoms with Crippen molar-refractivity contribution in [1.82, 2.24) is 5.32 Å². The third-order valence-electron chi connectivity index (χ3n) is 2.69. The van der Waals surface area contributed by atoms with Crippen LogP contribution in [0.1, 0.15) is 10.4 Å². The van der Waals surface area contributed by atoms with Gasteiger partial charge in [-0.1, -0.05) is 24.3 Å². The van der Waals surface area contributed by atoms with Crippen LogP contribution in [0.2, 0.25) is 0 Å². The quantitative estimate of drug-likeness (QED) is 0.484. The normalized spacial score (nSPS) is 9.86. The highest BCUT2D eigenvalue weighted by molar-refractivity contribution is 9.10. The number of carbonyl (C=O) groups excluding carboxylic acids is 1. The van der Waals surface area contributed by atoms with Gasteiger partial charge in [-0.3, -0.25) is 20.2 Å². The molecule has 2 aromatic rings.